The van der Waals surface area contributed by atoms with E-state index in [1.165, 1.54) is 12.1 Å². The summed E-state index contributed by atoms with van der Waals surface area (Å²) in [6, 6.07) is 13.8. The molecule has 0 fully saturated rings. The Bertz CT molecular complexity index is 646. The maximum absolute atomic E-state index is 13.7. The molecule has 0 aliphatic carbocycles. The molecule has 0 heterocycles. The number of para-hydroxylation sites is 1. The monoisotopic (exact) mass is 365 g/mol. The van der Waals surface area contributed by atoms with Crippen LogP contribution in [-0.2, 0) is 4.79 Å². The van der Waals surface area contributed by atoms with Gasteiger partial charge in [-0.3, -0.25) is 4.79 Å². The van der Waals surface area contributed by atoms with Gasteiger partial charge in [-0.1, -0.05) is 34.1 Å². The zero-order chi connectivity index (χ0) is 16.1. The van der Waals surface area contributed by atoms with Crippen molar-refractivity contribution >= 4 is 27.5 Å². The van der Waals surface area contributed by atoms with E-state index in [-0.39, 0.29) is 24.3 Å². The second-order valence-corrected chi connectivity index (χ2v) is 5.97. The molecule has 116 valence electrons. The number of rotatable bonds is 5. The number of nitrogens with zero attached hydrogens (tertiary/aromatic N) is 1. The highest BCUT2D eigenvalue weighted by molar-refractivity contribution is 9.10. The first-order valence-electron chi connectivity index (χ1n) is 6.94. The molecule has 22 heavy (non-hydrogen) atoms. The Hall–Kier alpha value is -1.88. The van der Waals surface area contributed by atoms with Crippen molar-refractivity contribution in [2.45, 2.75) is 19.9 Å². The number of hydrogen-bond donors (Lipinski definition) is 0. The molecule has 1 amide bonds. The average Bonchev–Trinajstić information content (AvgIpc) is 2.47. The minimum atomic E-state index is -0.502. The van der Waals surface area contributed by atoms with Gasteiger partial charge in [0.05, 0.1) is 0 Å². The largest absolute Gasteiger partial charge is 0.481 e. The van der Waals surface area contributed by atoms with E-state index in [0.29, 0.717) is 4.47 Å². The van der Waals surface area contributed by atoms with E-state index in [2.05, 4.69) is 15.9 Å². The van der Waals surface area contributed by atoms with Crippen LogP contribution in [0.2, 0.25) is 0 Å². The van der Waals surface area contributed by atoms with Crippen molar-refractivity contribution in [3.05, 3.63) is 58.8 Å². The number of benzene rings is 2. The van der Waals surface area contributed by atoms with Gasteiger partial charge in [-0.25, -0.2) is 4.39 Å². The molecule has 0 aromatic heterocycles. The lowest BCUT2D eigenvalue weighted by Gasteiger charge is -2.26. The Morgan fingerprint density at radius 1 is 1.23 bits per heavy atom. The Morgan fingerprint density at radius 3 is 2.50 bits per heavy atom. The molecule has 0 atom stereocenters. The van der Waals surface area contributed by atoms with Crippen LogP contribution in [0.15, 0.2) is 53.0 Å². The quantitative estimate of drug-likeness (QED) is 0.785. The summed E-state index contributed by atoms with van der Waals surface area (Å²) in [5.74, 6) is -0.658. The Kier molecular flexibility index (Phi) is 5.55. The van der Waals surface area contributed by atoms with Crippen LogP contribution in [0.5, 0.6) is 5.75 Å². The highest BCUT2D eigenvalue weighted by Gasteiger charge is 2.19. The summed E-state index contributed by atoms with van der Waals surface area (Å²) < 4.78 is 19.6. The van der Waals surface area contributed by atoms with Crippen LogP contribution in [0.25, 0.3) is 0 Å². The lowest BCUT2D eigenvalue weighted by molar-refractivity contribution is -0.120. The van der Waals surface area contributed by atoms with E-state index in [9.17, 15) is 9.18 Å². The summed E-state index contributed by atoms with van der Waals surface area (Å²) in [6.07, 6.45) is 0. The fourth-order valence-electron chi connectivity index (χ4n) is 2.12. The smallest absolute Gasteiger partial charge is 0.265 e. The first kappa shape index (κ1) is 16.5. The molecule has 0 N–H and O–H groups in total. The molecule has 0 saturated carbocycles. The standard InChI is InChI=1S/C17H17BrFNO2/c1-12(2)20(14-6-4-3-5-7-14)17(21)11-22-16-9-8-13(18)10-15(16)19/h3-10,12H,11H2,1-2H3. The van der Waals surface area contributed by atoms with Gasteiger partial charge in [0.2, 0.25) is 0 Å². The third-order valence-electron chi connectivity index (χ3n) is 3.06. The molecule has 2 aromatic rings. The number of halogens is 2. The first-order chi connectivity index (χ1) is 10.5. The molecule has 0 aliphatic heterocycles. The third-order valence-corrected chi connectivity index (χ3v) is 3.56. The van der Waals surface area contributed by atoms with Crippen LogP contribution in [0.1, 0.15) is 13.8 Å². The van der Waals surface area contributed by atoms with Gasteiger partial charge in [-0.2, -0.15) is 0 Å². The van der Waals surface area contributed by atoms with Crippen LogP contribution in [0, 0.1) is 5.82 Å². The SMILES string of the molecule is CC(C)N(C(=O)COc1ccc(Br)cc1F)c1ccccc1. The minimum Gasteiger partial charge on any atom is -0.481 e. The first-order valence-corrected chi connectivity index (χ1v) is 7.73. The lowest BCUT2D eigenvalue weighted by Crippen LogP contribution is -2.40. The number of amides is 1. The second-order valence-electron chi connectivity index (χ2n) is 5.06. The third kappa shape index (κ3) is 4.07. The van der Waals surface area contributed by atoms with Crippen molar-refractivity contribution in [2.75, 3.05) is 11.5 Å². The van der Waals surface area contributed by atoms with Crippen molar-refractivity contribution in [1.29, 1.82) is 0 Å². The summed E-state index contributed by atoms with van der Waals surface area (Å²) in [7, 11) is 0. The number of carbonyl (C=O) groups is 1. The maximum atomic E-state index is 13.7. The van der Waals surface area contributed by atoms with Crippen LogP contribution in [0.3, 0.4) is 0 Å². The molecule has 0 radical (unpaired) electrons. The van der Waals surface area contributed by atoms with Crippen LogP contribution in [-0.4, -0.2) is 18.6 Å². The number of hydrogen-bond acceptors (Lipinski definition) is 2. The van der Waals surface area contributed by atoms with Crippen molar-refractivity contribution in [1.82, 2.24) is 0 Å². The number of ether oxygens (including phenoxy) is 1. The number of anilines is 1. The summed E-state index contributed by atoms with van der Waals surface area (Å²) in [5.41, 5.74) is 0.794. The van der Waals surface area contributed by atoms with Gasteiger partial charge < -0.3 is 9.64 Å². The molecule has 5 heteroatoms. The average molecular weight is 366 g/mol. The molecule has 0 saturated heterocycles. The van der Waals surface area contributed by atoms with Crippen LogP contribution < -0.4 is 9.64 Å². The Balaban J connectivity index is 2.09. The fourth-order valence-corrected chi connectivity index (χ4v) is 2.45. The summed E-state index contributed by atoms with van der Waals surface area (Å²) in [5, 5.41) is 0. The molecular weight excluding hydrogens is 349 g/mol. The van der Waals surface area contributed by atoms with Gasteiger partial charge in [-0.05, 0) is 44.2 Å². The van der Waals surface area contributed by atoms with E-state index in [0.717, 1.165) is 5.69 Å². The van der Waals surface area contributed by atoms with E-state index < -0.39 is 5.82 Å². The van der Waals surface area contributed by atoms with E-state index in [4.69, 9.17) is 4.74 Å². The molecule has 0 unspecified atom stereocenters. The molecule has 0 aliphatic rings. The van der Waals surface area contributed by atoms with Gasteiger partial charge in [0.25, 0.3) is 5.91 Å². The zero-order valence-corrected chi connectivity index (χ0v) is 14.0. The van der Waals surface area contributed by atoms with Crippen molar-refractivity contribution in [3.8, 4) is 5.75 Å². The topological polar surface area (TPSA) is 29.5 Å². The van der Waals surface area contributed by atoms with Gasteiger partial charge in [0.15, 0.2) is 18.2 Å². The predicted octanol–water partition coefficient (Wildman–Crippen LogP) is 4.41. The molecular formula is C17H17BrFNO2. The predicted molar refractivity (Wildman–Crippen MR) is 88.7 cm³/mol. The van der Waals surface area contributed by atoms with E-state index in [1.807, 2.05) is 44.2 Å². The van der Waals surface area contributed by atoms with Crippen LogP contribution in [0.4, 0.5) is 10.1 Å². The zero-order valence-electron chi connectivity index (χ0n) is 12.4. The van der Waals surface area contributed by atoms with Crippen LogP contribution >= 0.6 is 15.9 Å². The number of carbonyl (C=O) groups excluding carboxylic acids is 1. The summed E-state index contributed by atoms with van der Waals surface area (Å²) >= 11 is 3.18. The van der Waals surface area contributed by atoms with Gasteiger partial charge in [0, 0.05) is 16.2 Å². The second kappa shape index (κ2) is 7.40. The fraction of sp³-hybridized carbons (Fsp3) is 0.235. The van der Waals surface area contributed by atoms with E-state index >= 15 is 0 Å². The highest BCUT2D eigenvalue weighted by atomic mass is 79.9. The van der Waals surface area contributed by atoms with Crippen molar-refractivity contribution in [3.63, 3.8) is 0 Å². The summed E-state index contributed by atoms with van der Waals surface area (Å²) in [4.78, 5) is 14.0. The molecule has 0 bridgehead atoms. The molecule has 2 aromatic carbocycles. The molecule has 3 nitrogen and oxygen atoms in total. The van der Waals surface area contributed by atoms with E-state index in [1.54, 1.807) is 11.0 Å². The normalized spacial score (nSPS) is 10.6. The van der Waals surface area contributed by atoms with Gasteiger partial charge in [0.1, 0.15) is 0 Å². The lowest BCUT2D eigenvalue weighted by atomic mass is 10.2. The molecule has 0 spiro atoms. The van der Waals surface area contributed by atoms with Crippen molar-refractivity contribution in [2.24, 2.45) is 0 Å². The maximum Gasteiger partial charge on any atom is 0.265 e. The highest BCUT2D eigenvalue weighted by Crippen LogP contribution is 2.22. The Morgan fingerprint density at radius 2 is 1.91 bits per heavy atom. The molecule has 2 rings (SSSR count). The van der Waals surface area contributed by atoms with Crippen molar-refractivity contribution < 1.29 is 13.9 Å². The van der Waals surface area contributed by atoms with Gasteiger partial charge >= 0.3 is 0 Å². The summed E-state index contributed by atoms with van der Waals surface area (Å²) in [6.45, 7) is 3.63. The Labute approximate surface area is 137 Å². The minimum absolute atomic E-state index is 0.0201. The van der Waals surface area contributed by atoms with Gasteiger partial charge in [-0.15, -0.1) is 0 Å².